The predicted octanol–water partition coefficient (Wildman–Crippen LogP) is 2.14. The first kappa shape index (κ1) is 13.0. The van der Waals surface area contributed by atoms with Crippen molar-refractivity contribution in [1.29, 1.82) is 0 Å². The van der Waals surface area contributed by atoms with E-state index < -0.39 is 5.54 Å². The van der Waals surface area contributed by atoms with Crippen molar-refractivity contribution in [2.24, 2.45) is 0 Å². The van der Waals surface area contributed by atoms with Crippen molar-refractivity contribution in [2.75, 3.05) is 6.54 Å². The van der Waals surface area contributed by atoms with Gasteiger partial charge >= 0.3 is 0 Å². The number of nitrogens with one attached hydrogen (secondary N) is 2. The zero-order valence-corrected chi connectivity index (χ0v) is 10.8. The lowest BCUT2D eigenvalue weighted by Gasteiger charge is -2.25. The third kappa shape index (κ3) is 2.70. The van der Waals surface area contributed by atoms with Crippen LogP contribution in [0.25, 0.3) is 0 Å². The van der Waals surface area contributed by atoms with Gasteiger partial charge in [0.05, 0.1) is 11.6 Å². The number of carbonyl (C=O) groups is 1. The van der Waals surface area contributed by atoms with E-state index in [-0.39, 0.29) is 17.8 Å². The molecule has 0 spiro atoms. The summed E-state index contributed by atoms with van der Waals surface area (Å²) in [6.45, 7) is 4.65. The Hall–Kier alpha value is -1.42. The van der Waals surface area contributed by atoms with Crippen molar-refractivity contribution in [2.45, 2.75) is 38.3 Å². The zero-order chi connectivity index (χ0) is 13.2. The van der Waals surface area contributed by atoms with Crippen LogP contribution in [0, 0.1) is 5.82 Å². The van der Waals surface area contributed by atoms with Gasteiger partial charge in [-0.05, 0) is 50.9 Å². The highest BCUT2D eigenvalue weighted by molar-refractivity contribution is 5.86. The number of amides is 1. The van der Waals surface area contributed by atoms with Crippen LogP contribution in [-0.2, 0) is 4.79 Å². The smallest absolute Gasteiger partial charge is 0.240 e. The summed E-state index contributed by atoms with van der Waals surface area (Å²) in [5, 5.41) is 6.15. The lowest BCUT2D eigenvalue weighted by Crippen LogP contribution is -2.51. The molecule has 2 N–H and O–H groups in total. The molecular weight excluding hydrogens is 231 g/mol. The van der Waals surface area contributed by atoms with E-state index in [0.29, 0.717) is 0 Å². The van der Waals surface area contributed by atoms with Crippen molar-refractivity contribution < 1.29 is 9.18 Å². The molecule has 0 aliphatic carbocycles. The lowest BCUT2D eigenvalue weighted by atomic mass is 9.98. The van der Waals surface area contributed by atoms with E-state index in [2.05, 4.69) is 10.6 Å². The lowest BCUT2D eigenvalue weighted by molar-refractivity contribution is -0.127. The molecule has 18 heavy (non-hydrogen) atoms. The minimum atomic E-state index is -0.485. The van der Waals surface area contributed by atoms with Crippen molar-refractivity contribution >= 4 is 5.91 Å². The molecule has 4 heteroatoms. The minimum absolute atomic E-state index is 0.0169. The van der Waals surface area contributed by atoms with Crippen LogP contribution in [0.4, 0.5) is 4.39 Å². The van der Waals surface area contributed by atoms with Gasteiger partial charge in [0.1, 0.15) is 5.82 Å². The molecule has 2 rings (SSSR count). The summed E-state index contributed by atoms with van der Waals surface area (Å²) in [6, 6.07) is 6.14. The van der Waals surface area contributed by atoms with Gasteiger partial charge in [-0.25, -0.2) is 4.39 Å². The average molecular weight is 250 g/mol. The summed E-state index contributed by atoms with van der Waals surface area (Å²) >= 11 is 0. The Bertz CT molecular complexity index is 441. The van der Waals surface area contributed by atoms with Crippen LogP contribution in [0.1, 0.15) is 38.3 Å². The second-order valence-corrected chi connectivity index (χ2v) is 5.11. The molecular formula is C14H19FN2O. The number of carbonyl (C=O) groups excluding carboxylic acids is 1. The summed E-state index contributed by atoms with van der Waals surface area (Å²) in [7, 11) is 0. The monoisotopic (exact) mass is 250 g/mol. The predicted molar refractivity (Wildman–Crippen MR) is 68.6 cm³/mol. The molecule has 0 saturated carbocycles. The van der Waals surface area contributed by atoms with E-state index in [1.807, 2.05) is 19.9 Å². The van der Waals surface area contributed by atoms with E-state index in [1.54, 1.807) is 6.07 Å². The number of rotatable bonds is 3. The van der Waals surface area contributed by atoms with Crippen molar-refractivity contribution in [1.82, 2.24) is 10.6 Å². The Balaban J connectivity index is 2.03. The molecule has 1 amide bonds. The summed E-state index contributed by atoms with van der Waals surface area (Å²) in [4.78, 5) is 12.2. The van der Waals surface area contributed by atoms with Gasteiger partial charge in [-0.15, -0.1) is 0 Å². The van der Waals surface area contributed by atoms with Gasteiger partial charge in [-0.2, -0.15) is 0 Å². The first-order valence-electron chi connectivity index (χ1n) is 6.33. The maximum absolute atomic E-state index is 13.1. The SMILES string of the molecule is CC(NC(=O)C1(C)CCCN1)c1cccc(F)c1. The fourth-order valence-electron chi connectivity index (χ4n) is 2.30. The standard InChI is InChI=1S/C14H19FN2O/c1-10(11-5-3-6-12(15)9-11)17-13(18)14(2)7-4-8-16-14/h3,5-6,9-10,16H,4,7-8H2,1-2H3,(H,17,18). The maximum Gasteiger partial charge on any atom is 0.240 e. The molecule has 3 nitrogen and oxygen atoms in total. The zero-order valence-electron chi connectivity index (χ0n) is 10.8. The topological polar surface area (TPSA) is 41.1 Å². The number of benzene rings is 1. The van der Waals surface area contributed by atoms with E-state index in [1.165, 1.54) is 12.1 Å². The molecule has 1 aromatic carbocycles. The normalized spacial score (nSPS) is 24.8. The maximum atomic E-state index is 13.1. The largest absolute Gasteiger partial charge is 0.348 e. The Morgan fingerprint density at radius 3 is 2.94 bits per heavy atom. The van der Waals surface area contributed by atoms with Crippen LogP contribution in [-0.4, -0.2) is 18.0 Å². The fourth-order valence-corrected chi connectivity index (χ4v) is 2.30. The van der Waals surface area contributed by atoms with E-state index >= 15 is 0 Å². The van der Waals surface area contributed by atoms with Gasteiger partial charge in [-0.1, -0.05) is 12.1 Å². The van der Waals surface area contributed by atoms with Crippen LogP contribution in [0.5, 0.6) is 0 Å². The molecule has 1 aliphatic heterocycles. The number of hydrogen-bond acceptors (Lipinski definition) is 2. The molecule has 98 valence electrons. The quantitative estimate of drug-likeness (QED) is 0.863. The second kappa shape index (κ2) is 5.06. The molecule has 1 aromatic rings. The van der Waals surface area contributed by atoms with Crippen LogP contribution in [0.15, 0.2) is 24.3 Å². The molecule has 0 bridgehead atoms. The summed E-state index contributed by atoms with van der Waals surface area (Å²) < 4.78 is 13.1. The Morgan fingerprint density at radius 2 is 2.33 bits per heavy atom. The highest BCUT2D eigenvalue weighted by atomic mass is 19.1. The van der Waals surface area contributed by atoms with Crippen LogP contribution in [0.2, 0.25) is 0 Å². The molecule has 1 aliphatic rings. The highest BCUT2D eigenvalue weighted by Gasteiger charge is 2.36. The highest BCUT2D eigenvalue weighted by Crippen LogP contribution is 2.21. The third-order valence-electron chi connectivity index (χ3n) is 3.57. The molecule has 1 heterocycles. The van der Waals surface area contributed by atoms with Crippen LogP contribution in [0.3, 0.4) is 0 Å². The van der Waals surface area contributed by atoms with Gasteiger partial charge in [0.2, 0.25) is 5.91 Å². The Kier molecular flexibility index (Phi) is 3.66. The first-order valence-corrected chi connectivity index (χ1v) is 6.33. The van der Waals surface area contributed by atoms with E-state index in [0.717, 1.165) is 24.9 Å². The molecule has 1 fully saturated rings. The van der Waals surface area contributed by atoms with E-state index in [4.69, 9.17) is 0 Å². The second-order valence-electron chi connectivity index (χ2n) is 5.11. The van der Waals surface area contributed by atoms with Crippen LogP contribution < -0.4 is 10.6 Å². The van der Waals surface area contributed by atoms with Crippen molar-refractivity contribution in [3.05, 3.63) is 35.6 Å². The Labute approximate surface area is 107 Å². The van der Waals surface area contributed by atoms with Crippen molar-refractivity contribution in [3.63, 3.8) is 0 Å². The number of hydrogen-bond donors (Lipinski definition) is 2. The van der Waals surface area contributed by atoms with Gasteiger partial charge in [0, 0.05) is 0 Å². The van der Waals surface area contributed by atoms with Crippen LogP contribution >= 0.6 is 0 Å². The minimum Gasteiger partial charge on any atom is -0.348 e. The fraction of sp³-hybridized carbons (Fsp3) is 0.500. The summed E-state index contributed by atoms with van der Waals surface area (Å²) in [6.07, 6.45) is 1.85. The molecule has 2 atom stereocenters. The van der Waals surface area contributed by atoms with Crippen molar-refractivity contribution in [3.8, 4) is 0 Å². The first-order chi connectivity index (χ1) is 8.51. The van der Waals surface area contributed by atoms with Gasteiger partial charge in [0.15, 0.2) is 0 Å². The molecule has 1 saturated heterocycles. The van der Waals surface area contributed by atoms with E-state index in [9.17, 15) is 9.18 Å². The third-order valence-corrected chi connectivity index (χ3v) is 3.57. The summed E-state index contributed by atoms with van der Waals surface area (Å²) in [5.74, 6) is -0.296. The molecule has 0 radical (unpaired) electrons. The summed E-state index contributed by atoms with van der Waals surface area (Å²) in [5.41, 5.74) is 0.298. The average Bonchev–Trinajstić information content (AvgIpc) is 2.77. The molecule has 2 unspecified atom stereocenters. The van der Waals surface area contributed by atoms with Gasteiger partial charge in [0.25, 0.3) is 0 Å². The van der Waals surface area contributed by atoms with Gasteiger partial charge < -0.3 is 10.6 Å². The van der Waals surface area contributed by atoms with Gasteiger partial charge in [-0.3, -0.25) is 4.79 Å². The number of halogens is 1. The Morgan fingerprint density at radius 1 is 1.56 bits per heavy atom. The molecule has 0 aromatic heterocycles.